The first-order valence-electron chi connectivity index (χ1n) is 11.5. The Morgan fingerprint density at radius 2 is 1.07 bits per heavy atom. The fourth-order valence-electron chi connectivity index (χ4n) is 5.86. The zero-order chi connectivity index (χ0) is 22.5. The number of nitrogens with zero attached hydrogens (tertiary/aromatic N) is 2. The molecule has 172 valence electrons. The van der Waals surface area contributed by atoms with Gasteiger partial charge in [-0.15, -0.1) is 0 Å². The summed E-state index contributed by atoms with van der Waals surface area (Å²) >= 11 is 0. The van der Waals surface area contributed by atoms with E-state index in [-0.39, 0.29) is 27.7 Å². The van der Waals surface area contributed by atoms with Crippen LogP contribution >= 0.6 is 0 Å². The highest BCUT2D eigenvalue weighted by Crippen LogP contribution is 2.38. The van der Waals surface area contributed by atoms with Crippen molar-refractivity contribution >= 4 is 0 Å². The van der Waals surface area contributed by atoms with Gasteiger partial charge >= 0.3 is 0 Å². The zero-order valence-corrected chi connectivity index (χ0v) is 21.5. The summed E-state index contributed by atoms with van der Waals surface area (Å²) in [6.07, 6.45) is 4.50. The predicted molar refractivity (Wildman–Crippen MR) is 124 cm³/mol. The molecule has 2 fully saturated rings. The van der Waals surface area contributed by atoms with E-state index in [9.17, 15) is 0 Å². The second kappa shape index (κ2) is 8.05. The van der Waals surface area contributed by atoms with Crippen molar-refractivity contribution in [2.24, 2.45) is 0 Å². The van der Waals surface area contributed by atoms with Crippen molar-refractivity contribution in [1.29, 1.82) is 0 Å². The lowest BCUT2D eigenvalue weighted by atomic mass is 9.77. The minimum atomic E-state index is -0.0732. The standard InChI is InChI=1S/C24H50N4O/c1-20(2,25-18-13-21(3,4)27(11)22(5,6)14-18)17-29-26-19-15-23(7,8)28(12)24(9,10)16-19/h18-19,25-26H,13-17H2,1-12H3. The van der Waals surface area contributed by atoms with E-state index >= 15 is 0 Å². The molecule has 0 aromatic carbocycles. The Balaban J connectivity index is 1.89. The van der Waals surface area contributed by atoms with Crippen LogP contribution in [0.3, 0.4) is 0 Å². The summed E-state index contributed by atoms with van der Waals surface area (Å²) in [5, 5.41) is 3.90. The van der Waals surface area contributed by atoms with Crippen LogP contribution in [-0.4, -0.2) is 70.3 Å². The molecule has 0 radical (unpaired) electrons. The van der Waals surface area contributed by atoms with Crippen molar-refractivity contribution in [2.45, 2.75) is 135 Å². The first-order valence-corrected chi connectivity index (χ1v) is 11.5. The highest BCUT2D eigenvalue weighted by molar-refractivity contribution is 5.03. The van der Waals surface area contributed by atoms with Crippen LogP contribution < -0.4 is 10.8 Å². The Kier molecular flexibility index (Phi) is 6.96. The molecule has 2 saturated heterocycles. The molecule has 5 heteroatoms. The summed E-state index contributed by atoms with van der Waals surface area (Å²) < 4.78 is 0. The quantitative estimate of drug-likeness (QED) is 0.643. The molecule has 2 N–H and O–H groups in total. The summed E-state index contributed by atoms with van der Waals surface area (Å²) in [6, 6.07) is 0.879. The summed E-state index contributed by atoms with van der Waals surface area (Å²) in [5.41, 5.74) is 4.06. The van der Waals surface area contributed by atoms with Crippen LogP contribution in [0.25, 0.3) is 0 Å². The zero-order valence-electron chi connectivity index (χ0n) is 21.5. The van der Waals surface area contributed by atoms with E-state index in [0.29, 0.717) is 18.7 Å². The molecule has 0 atom stereocenters. The molecule has 0 amide bonds. The third-order valence-electron chi connectivity index (χ3n) is 7.89. The molecule has 5 nitrogen and oxygen atoms in total. The Hall–Kier alpha value is -0.200. The maximum atomic E-state index is 6.09. The van der Waals surface area contributed by atoms with Gasteiger partial charge in [-0.25, -0.2) is 0 Å². The molecule has 0 spiro atoms. The van der Waals surface area contributed by atoms with Crippen LogP contribution in [-0.2, 0) is 4.84 Å². The Bertz CT molecular complexity index is 531. The van der Waals surface area contributed by atoms with Gasteiger partial charge in [0, 0.05) is 39.8 Å². The minimum Gasteiger partial charge on any atom is -0.307 e. The highest BCUT2D eigenvalue weighted by atomic mass is 16.6. The van der Waals surface area contributed by atoms with E-state index in [1.54, 1.807) is 0 Å². The molecule has 0 unspecified atom stereocenters. The summed E-state index contributed by atoms with van der Waals surface area (Å²) in [7, 11) is 4.51. The van der Waals surface area contributed by atoms with Gasteiger partial charge in [-0.2, -0.15) is 5.48 Å². The van der Waals surface area contributed by atoms with E-state index in [1.165, 1.54) is 0 Å². The first-order chi connectivity index (χ1) is 12.9. The average molecular weight is 411 g/mol. The van der Waals surface area contributed by atoms with E-state index in [2.05, 4.69) is 104 Å². The topological polar surface area (TPSA) is 39.8 Å². The number of hydrogen-bond donors (Lipinski definition) is 2. The van der Waals surface area contributed by atoms with Crippen LogP contribution in [0, 0.1) is 0 Å². The SMILES string of the molecule is CN1C(C)(C)CC(NOCC(C)(C)NC2CC(C)(C)N(C)C(C)(C)C2)CC1(C)C. The average Bonchev–Trinajstić information content (AvgIpc) is 2.48. The van der Waals surface area contributed by atoms with Gasteiger partial charge in [-0.05, 0) is 109 Å². The van der Waals surface area contributed by atoms with E-state index in [1.807, 2.05) is 0 Å². The predicted octanol–water partition coefficient (Wildman–Crippen LogP) is 4.18. The normalized spacial score (nSPS) is 28.6. The second-order valence-electron chi connectivity index (χ2n) is 13.0. The third kappa shape index (κ3) is 5.94. The monoisotopic (exact) mass is 410 g/mol. The van der Waals surface area contributed by atoms with Crippen molar-refractivity contribution < 1.29 is 4.84 Å². The van der Waals surface area contributed by atoms with E-state index < -0.39 is 0 Å². The lowest BCUT2D eigenvalue weighted by molar-refractivity contribution is -0.0803. The Morgan fingerprint density at radius 1 is 0.724 bits per heavy atom. The van der Waals surface area contributed by atoms with Crippen LogP contribution in [0.1, 0.15) is 94.9 Å². The van der Waals surface area contributed by atoms with Gasteiger partial charge in [0.2, 0.25) is 0 Å². The van der Waals surface area contributed by atoms with Gasteiger partial charge in [-0.3, -0.25) is 14.6 Å². The van der Waals surface area contributed by atoms with Crippen LogP contribution in [0.5, 0.6) is 0 Å². The molecule has 2 heterocycles. The van der Waals surface area contributed by atoms with Crippen LogP contribution in [0.15, 0.2) is 0 Å². The lowest BCUT2D eigenvalue weighted by Gasteiger charge is -2.55. The number of hydroxylamine groups is 1. The van der Waals surface area contributed by atoms with E-state index in [0.717, 1.165) is 25.7 Å². The number of rotatable bonds is 6. The molecule has 0 saturated carbocycles. The molecular formula is C24H50N4O. The van der Waals surface area contributed by atoms with Crippen LogP contribution in [0.4, 0.5) is 0 Å². The van der Waals surface area contributed by atoms with Gasteiger partial charge < -0.3 is 5.32 Å². The van der Waals surface area contributed by atoms with Crippen molar-refractivity contribution in [1.82, 2.24) is 20.6 Å². The van der Waals surface area contributed by atoms with Gasteiger partial charge in [0.25, 0.3) is 0 Å². The van der Waals surface area contributed by atoms with Gasteiger partial charge in [0.05, 0.1) is 6.61 Å². The molecule has 29 heavy (non-hydrogen) atoms. The van der Waals surface area contributed by atoms with Crippen molar-refractivity contribution in [3.63, 3.8) is 0 Å². The summed E-state index contributed by atoms with van der Waals surface area (Å²) in [4.78, 5) is 11.1. The summed E-state index contributed by atoms with van der Waals surface area (Å²) in [6.45, 7) is 23.9. The summed E-state index contributed by atoms with van der Waals surface area (Å²) in [5.74, 6) is 0. The molecule has 2 aliphatic rings. The van der Waals surface area contributed by atoms with Gasteiger partial charge in [-0.1, -0.05) is 0 Å². The number of likely N-dealkylation sites (tertiary alicyclic amines) is 2. The Morgan fingerprint density at radius 3 is 1.45 bits per heavy atom. The van der Waals surface area contributed by atoms with Crippen LogP contribution in [0.2, 0.25) is 0 Å². The molecule has 0 aromatic heterocycles. The van der Waals surface area contributed by atoms with E-state index in [4.69, 9.17) is 4.84 Å². The Labute approximate surface area is 181 Å². The number of piperidine rings is 2. The number of hydrogen-bond acceptors (Lipinski definition) is 5. The third-order valence-corrected chi connectivity index (χ3v) is 7.89. The largest absolute Gasteiger partial charge is 0.307 e. The second-order valence-corrected chi connectivity index (χ2v) is 13.0. The molecule has 0 bridgehead atoms. The highest BCUT2D eigenvalue weighted by Gasteiger charge is 2.45. The maximum absolute atomic E-state index is 6.09. The minimum absolute atomic E-state index is 0.0732. The molecule has 0 aromatic rings. The van der Waals surface area contributed by atoms with Crippen molar-refractivity contribution in [3.8, 4) is 0 Å². The lowest BCUT2D eigenvalue weighted by Crippen LogP contribution is -2.65. The number of nitrogens with one attached hydrogen (secondary N) is 2. The molecule has 2 aliphatic heterocycles. The fraction of sp³-hybridized carbons (Fsp3) is 1.00. The van der Waals surface area contributed by atoms with Gasteiger partial charge in [0.1, 0.15) is 0 Å². The van der Waals surface area contributed by atoms with Crippen molar-refractivity contribution in [2.75, 3.05) is 20.7 Å². The first kappa shape index (κ1) is 25.1. The molecular weight excluding hydrogens is 360 g/mol. The van der Waals surface area contributed by atoms with Gasteiger partial charge in [0.15, 0.2) is 0 Å². The fourth-order valence-corrected chi connectivity index (χ4v) is 5.86. The smallest absolute Gasteiger partial charge is 0.0858 e. The maximum Gasteiger partial charge on any atom is 0.0858 e. The molecule has 0 aliphatic carbocycles. The molecule has 2 rings (SSSR count). The van der Waals surface area contributed by atoms with Crippen molar-refractivity contribution in [3.05, 3.63) is 0 Å².